The fourth-order valence-electron chi connectivity index (χ4n) is 2.62. The van der Waals surface area contributed by atoms with E-state index in [-0.39, 0.29) is 23.8 Å². The van der Waals surface area contributed by atoms with Crippen molar-refractivity contribution >= 4 is 40.6 Å². The van der Waals surface area contributed by atoms with Crippen molar-refractivity contribution < 1.29 is 23.5 Å². The summed E-state index contributed by atoms with van der Waals surface area (Å²) in [4.78, 5) is 26.1. The van der Waals surface area contributed by atoms with Gasteiger partial charge in [0.05, 0.1) is 11.4 Å². The third-order valence-electron chi connectivity index (χ3n) is 3.94. The van der Waals surface area contributed by atoms with Gasteiger partial charge in [0.15, 0.2) is 11.5 Å². The molecular weight excluding hydrogens is 381 g/mol. The largest absolute Gasteiger partial charge is 0.454 e. The minimum atomic E-state index is -0.489. The Balaban J connectivity index is 1.60. The SMILES string of the molecule is O=C1S/C(=C/c2ccccc2F)C(=O)N1Cc1cc2c(cc1Cl)OCO2. The van der Waals surface area contributed by atoms with Crippen LogP contribution in [-0.2, 0) is 11.3 Å². The molecule has 1 saturated heterocycles. The van der Waals surface area contributed by atoms with Gasteiger partial charge >= 0.3 is 0 Å². The summed E-state index contributed by atoms with van der Waals surface area (Å²) in [5.41, 5.74) is 0.810. The van der Waals surface area contributed by atoms with E-state index >= 15 is 0 Å². The predicted octanol–water partition coefficient (Wildman–Crippen LogP) is 4.44. The van der Waals surface area contributed by atoms with Gasteiger partial charge in [-0.1, -0.05) is 29.8 Å². The molecule has 2 heterocycles. The molecule has 4 rings (SSSR count). The smallest absolute Gasteiger partial charge is 0.293 e. The second kappa shape index (κ2) is 6.66. The van der Waals surface area contributed by atoms with Crippen molar-refractivity contribution in [3.63, 3.8) is 0 Å². The number of thioether (sulfide) groups is 1. The van der Waals surface area contributed by atoms with E-state index in [4.69, 9.17) is 21.1 Å². The lowest BCUT2D eigenvalue weighted by molar-refractivity contribution is -0.123. The second-order valence-corrected chi connectivity index (χ2v) is 6.99. The van der Waals surface area contributed by atoms with E-state index in [1.165, 1.54) is 18.2 Å². The van der Waals surface area contributed by atoms with Gasteiger partial charge < -0.3 is 9.47 Å². The molecule has 2 aliphatic heterocycles. The first-order chi connectivity index (χ1) is 12.5. The minimum Gasteiger partial charge on any atom is -0.454 e. The van der Waals surface area contributed by atoms with E-state index in [2.05, 4.69) is 0 Å². The average molecular weight is 392 g/mol. The Hall–Kier alpha value is -2.51. The molecule has 0 saturated carbocycles. The molecule has 0 bridgehead atoms. The van der Waals surface area contributed by atoms with E-state index in [1.54, 1.807) is 24.3 Å². The fourth-order valence-corrected chi connectivity index (χ4v) is 3.66. The van der Waals surface area contributed by atoms with Gasteiger partial charge in [0, 0.05) is 16.7 Å². The Morgan fingerprint density at radius 3 is 2.69 bits per heavy atom. The molecule has 2 aliphatic rings. The van der Waals surface area contributed by atoms with Crippen molar-refractivity contribution in [1.82, 2.24) is 4.90 Å². The topological polar surface area (TPSA) is 55.8 Å². The zero-order valence-electron chi connectivity index (χ0n) is 13.2. The van der Waals surface area contributed by atoms with Crippen molar-refractivity contribution in [3.8, 4) is 11.5 Å². The van der Waals surface area contributed by atoms with Gasteiger partial charge in [0.25, 0.3) is 11.1 Å². The lowest BCUT2D eigenvalue weighted by atomic mass is 10.1. The standard InChI is InChI=1S/C18H11ClFNO4S/c19-12-7-15-14(24-9-25-15)5-11(12)8-21-17(22)16(26-18(21)23)6-10-3-1-2-4-13(10)20/h1-7H,8-9H2/b16-6+. The Labute approximate surface area is 157 Å². The second-order valence-electron chi connectivity index (χ2n) is 5.59. The number of nitrogens with zero attached hydrogens (tertiary/aromatic N) is 1. The first-order valence-electron chi connectivity index (χ1n) is 7.61. The Morgan fingerprint density at radius 2 is 1.92 bits per heavy atom. The number of rotatable bonds is 3. The normalized spacial score (nSPS) is 17.5. The quantitative estimate of drug-likeness (QED) is 0.724. The highest BCUT2D eigenvalue weighted by Gasteiger charge is 2.35. The molecule has 0 atom stereocenters. The lowest BCUT2D eigenvalue weighted by Gasteiger charge is -2.14. The maximum absolute atomic E-state index is 13.8. The third-order valence-corrected chi connectivity index (χ3v) is 5.19. The van der Waals surface area contributed by atoms with Gasteiger partial charge in [-0.05, 0) is 35.5 Å². The van der Waals surface area contributed by atoms with Crippen molar-refractivity contribution in [2.24, 2.45) is 0 Å². The summed E-state index contributed by atoms with van der Waals surface area (Å²) in [5, 5.41) is -0.0716. The number of fused-ring (bicyclic) bond motifs is 1. The maximum atomic E-state index is 13.8. The summed E-state index contributed by atoms with van der Waals surface area (Å²) in [7, 11) is 0. The molecular formula is C18H11ClFNO4S. The molecule has 0 aliphatic carbocycles. The number of imide groups is 1. The zero-order chi connectivity index (χ0) is 18.3. The van der Waals surface area contributed by atoms with Crippen LogP contribution in [0.5, 0.6) is 11.5 Å². The molecule has 0 N–H and O–H groups in total. The third kappa shape index (κ3) is 3.04. The van der Waals surface area contributed by atoms with Crippen LogP contribution in [0.15, 0.2) is 41.3 Å². The van der Waals surface area contributed by atoms with E-state index in [9.17, 15) is 14.0 Å². The van der Waals surface area contributed by atoms with Crippen LogP contribution in [0.4, 0.5) is 9.18 Å². The van der Waals surface area contributed by atoms with E-state index < -0.39 is 17.0 Å². The van der Waals surface area contributed by atoms with Crippen LogP contribution < -0.4 is 9.47 Å². The number of ether oxygens (including phenoxy) is 2. The molecule has 132 valence electrons. The van der Waals surface area contributed by atoms with Gasteiger partial charge in [-0.15, -0.1) is 0 Å². The van der Waals surface area contributed by atoms with Gasteiger partial charge in [-0.25, -0.2) is 4.39 Å². The number of carbonyl (C=O) groups excluding carboxylic acids is 2. The first kappa shape index (κ1) is 16.9. The Kier molecular flexibility index (Phi) is 4.34. The maximum Gasteiger partial charge on any atom is 0.293 e. The molecule has 2 aromatic carbocycles. The van der Waals surface area contributed by atoms with Crippen molar-refractivity contribution in [2.75, 3.05) is 6.79 Å². The molecule has 8 heteroatoms. The van der Waals surface area contributed by atoms with Crippen LogP contribution in [0.3, 0.4) is 0 Å². The van der Waals surface area contributed by atoms with Crippen LogP contribution in [0.2, 0.25) is 5.02 Å². The van der Waals surface area contributed by atoms with Crippen molar-refractivity contribution in [3.05, 3.63) is 63.3 Å². The van der Waals surface area contributed by atoms with Crippen molar-refractivity contribution in [1.29, 1.82) is 0 Å². The fraction of sp³-hybridized carbons (Fsp3) is 0.111. The number of halogens is 2. The number of carbonyl (C=O) groups is 2. The molecule has 2 aromatic rings. The molecule has 5 nitrogen and oxygen atoms in total. The van der Waals surface area contributed by atoms with Crippen LogP contribution in [0, 0.1) is 5.82 Å². The molecule has 0 aromatic heterocycles. The van der Waals surface area contributed by atoms with E-state index in [0.717, 1.165) is 16.7 Å². The predicted molar refractivity (Wildman–Crippen MR) is 95.5 cm³/mol. The number of benzene rings is 2. The lowest BCUT2D eigenvalue weighted by Crippen LogP contribution is -2.27. The zero-order valence-corrected chi connectivity index (χ0v) is 14.8. The van der Waals surface area contributed by atoms with Crippen LogP contribution in [0.1, 0.15) is 11.1 Å². The summed E-state index contributed by atoms with van der Waals surface area (Å²) >= 11 is 6.98. The van der Waals surface area contributed by atoms with E-state index in [0.29, 0.717) is 22.1 Å². The van der Waals surface area contributed by atoms with Gasteiger partial charge in [0.2, 0.25) is 6.79 Å². The van der Waals surface area contributed by atoms with Gasteiger partial charge in [-0.2, -0.15) is 0 Å². The van der Waals surface area contributed by atoms with Gasteiger partial charge in [0.1, 0.15) is 5.82 Å². The van der Waals surface area contributed by atoms with Crippen LogP contribution in [-0.4, -0.2) is 22.8 Å². The average Bonchev–Trinajstić information content (AvgIpc) is 3.16. The number of amides is 2. The molecule has 0 spiro atoms. The Morgan fingerprint density at radius 1 is 1.19 bits per heavy atom. The highest BCUT2D eigenvalue weighted by atomic mass is 35.5. The molecule has 0 unspecified atom stereocenters. The summed E-state index contributed by atoms with van der Waals surface area (Å²) in [6, 6.07) is 9.29. The Bertz CT molecular complexity index is 962. The monoisotopic (exact) mass is 391 g/mol. The summed E-state index contributed by atoms with van der Waals surface area (Å²) < 4.78 is 24.3. The summed E-state index contributed by atoms with van der Waals surface area (Å²) in [5.74, 6) is 0.0840. The van der Waals surface area contributed by atoms with Crippen LogP contribution >= 0.6 is 23.4 Å². The minimum absolute atomic E-state index is 0.00521. The number of hydrogen-bond donors (Lipinski definition) is 0. The highest BCUT2D eigenvalue weighted by Crippen LogP contribution is 2.39. The van der Waals surface area contributed by atoms with Crippen LogP contribution in [0.25, 0.3) is 6.08 Å². The number of hydrogen-bond acceptors (Lipinski definition) is 5. The molecule has 26 heavy (non-hydrogen) atoms. The summed E-state index contributed by atoms with van der Waals surface area (Å²) in [6.07, 6.45) is 1.38. The van der Waals surface area contributed by atoms with E-state index in [1.807, 2.05) is 0 Å². The molecule has 2 amide bonds. The molecule has 1 fully saturated rings. The summed E-state index contributed by atoms with van der Waals surface area (Å²) in [6.45, 7) is 0.0941. The van der Waals surface area contributed by atoms with Crippen molar-refractivity contribution in [2.45, 2.75) is 6.54 Å². The first-order valence-corrected chi connectivity index (χ1v) is 8.80. The van der Waals surface area contributed by atoms with Gasteiger partial charge in [-0.3, -0.25) is 14.5 Å². The molecule has 0 radical (unpaired) electrons. The highest BCUT2D eigenvalue weighted by molar-refractivity contribution is 8.18.